The number of methoxy groups -OCH3 is 1. The number of carbonyl (C=O) groups excluding carboxylic acids is 1. The molecule has 0 unspecified atom stereocenters. The van der Waals surface area contributed by atoms with Crippen LogP contribution < -0.4 is 5.32 Å². The Labute approximate surface area is 179 Å². The first-order valence-corrected chi connectivity index (χ1v) is 10.5. The largest absolute Gasteiger partial charge is 0.459 e. The third kappa shape index (κ3) is 4.08. The molecule has 154 valence electrons. The van der Waals surface area contributed by atoms with Gasteiger partial charge in [-0.25, -0.2) is 4.98 Å². The number of ether oxygens (including phenoxy) is 1. The summed E-state index contributed by atoms with van der Waals surface area (Å²) in [6, 6.07) is 13.2. The van der Waals surface area contributed by atoms with Crippen LogP contribution in [0.1, 0.15) is 21.9 Å². The van der Waals surface area contributed by atoms with E-state index in [1.54, 1.807) is 30.6 Å². The Kier molecular flexibility index (Phi) is 5.83. The first-order chi connectivity index (χ1) is 14.6. The van der Waals surface area contributed by atoms with Gasteiger partial charge in [0, 0.05) is 47.2 Å². The topological polar surface area (TPSA) is 69.3 Å². The van der Waals surface area contributed by atoms with Crippen LogP contribution in [0.2, 0.25) is 0 Å². The second kappa shape index (κ2) is 8.69. The molecule has 0 saturated heterocycles. The van der Waals surface area contributed by atoms with Crippen molar-refractivity contribution in [1.29, 1.82) is 0 Å². The number of nitrogens with zero attached hydrogens (tertiary/aromatic N) is 2. The zero-order valence-corrected chi connectivity index (χ0v) is 18.0. The first kappa shape index (κ1) is 20.1. The molecule has 0 aliphatic carbocycles. The minimum atomic E-state index is -0.270. The predicted octanol–water partition coefficient (Wildman–Crippen LogP) is 5.39. The summed E-state index contributed by atoms with van der Waals surface area (Å²) >= 11 is 1.61. The molecule has 3 aromatic heterocycles. The van der Waals surface area contributed by atoms with Crippen LogP contribution in [0.15, 0.2) is 58.5 Å². The standard InChI is InChI=1S/C23H23N3O3S/c1-15-13-19(16(2)26(15)10-12-28-3)20-14-30-23(25-20)17-6-8-18(9-7-17)24-22(27)21-5-4-11-29-21/h4-9,11,13-14H,10,12H2,1-3H3,(H,24,27). The maximum Gasteiger partial charge on any atom is 0.291 e. The third-order valence-corrected chi connectivity index (χ3v) is 5.90. The van der Waals surface area contributed by atoms with Crippen LogP contribution in [0.3, 0.4) is 0 Å². The van der Waals surface area contributed by atoms with E-state index in [1.165, 1.54) is 17.7 Å². The Bertz CT molecular complexity index is 1140. The first-order valence-electron chi connectivity index (χ1n) is 9.63. The Morgan fingerprint density at radius 3 is 2.73 bits per heavy atom. The number of thiazole rings is 1. The number of aromatic nitrogens is 2. The van der Waals surface area contributed by atoms with E-state index in [0.717, 1.165) is 28.4 Å². The van der Waals surface area contributed by atoms with Crippen molar-refractivity contribution in [1.82, 2.24) is 9.55 Å². The molecule has 0 saturated carbocycles. The van der Waals surface area contributed by atoms with E-state index in [4.69, 9.17) is 14.1 Å². The van der Waals surface area contributed by atoms with E-state index in [0.29, 0.717) is 12.3 Å². The average molecular weight is 422 g/mol. The van der Waals surface area contributed by atoms with Crippen molar-refractivity contribution in [3.05, 3.63) is 71.3 Å². The van der Waals surface area contributed by atoms with E-state index in [-0.39, 0.29) is 11.7 Å². The van der Waals surface area contributed by atoms with E-state index < -0.39 is 0 Å². The normalized spacial score (nSPS) is 11.0. The summed E-state index contributed by atoms with van der Waals surface area (Å²) in [5, 5.41) is 5.85. The molecule has 1 aromatic carbocycles. The average Bonchev–Trinajstić information content (AvgIpc) is 3.49. The van der Waals surface area contributed by atoms with Crippen LogP contribution in [0.5, 0.6) is 0 Å². The highest BCUT2D eigenvalue weighted by Crippen LogP contribution is 2.32. The number of furan rings is 1. The number of nitrogens with one attached hydrogen (secondary N) is 1. The predicted molar refractivity (Wildman–Crippen MR) is 119 cm³/mol. The lowest BCUT2D eigenvalue weighted by Gasteiger charge is -2.08. The molecule has 3 heterocycles. The third-order valence-electron chi connectivity index (χ3n) is 5.01. The van der Waals surface area contributed by atoms with Crippen LogP contribution in [0, 0.1) is 13.8 Å². The molecule has 1 N–H and O–H groups in total. The van der Waals surface area contributed by atoms with Gasteiger partial charge in [0.1, 0.15) is 5.01 Å². The number of hydrogen-bond acceptors (Lipinski definition) is 5. The summed E-state index contributed by atoms with van der Waals surface area (Å²) in [6.45, 7) is 5.74. The fraction of sp³-hybridized carbons (Fsp3) is 0.217. The minimum Gasteiger partial charge on any atom is -0.459 e. The summed E-state index contributed by atoms with van der Waals surface area (Å²) in [4.78, 5) is 16.9. The van der Waals surface area contributed by atoms with Gasteiger partial charge in [-0.2, -0.15) is 0 Å². The Hall–Kier alpha value is -3.16. The van der Waals surface area contributed by atoms with Crippen LogP contribution in [-0.2, 0) is 11.3 Å². The summed E-state index contributed by atoms with van der Waals surface area (Å²) in [7, 11) is 1.72. The second-order valence-electron chi connectivity index (χ2n) is 6.98. The summed E-state index contributed by atoms with van der Waals surface area (Å²) in [5.41, 5.74) is 6.23. The van der Waals surface area contributed by atoms with Gasteiger partial charge in [0.15, 0.2) is 5.76 Å². The molecule has 7 heteroatoms. The van der Waals surface area contributed by atoms with Gasteiger partial charge in [0.05, 0.1) is 18.6 Å². The molecule has 0 fully saturated rings. The van der Waals surface area contributed by atoms with Gasteiger partial charge in [-0.15, -0.1) is 11.3 Å². The van der Waals surface area contributed by atoms with Gasteiger partial charge < -0.3 is 19.0 Å². The number of carbonyl (C=O) groups is 1. The second-order valence-corrected chi connectivity index (χ2v) is 7.83. The quantitative estimate of drug-likeness (QED) is 0.434. The maximum absolute atomic E-state index is 12.1. The zero-order valence-electron chi connectivity index (χ0n) is 17.1. The summed E-state index contributed by atoms with van der Waals surface area (Å²) in [5.74, 6) is 0.0138. The Balaban J connectivity index is 1.51. The van der Waals surface area contributed by atoms with Gasteiger partial charge in [-0.3, -0.25) is 4.79 Å². The van der Waals surface area contributed by atoms with Crippen molar-refractivity contribution in [2.24, 2.45) is 0 Å². The molecule has 4 aromatic rings. The van der Waals surface area contributed by atoms with Crippen LogP contribution >= 0.6 is 11.3 Å². The number of hydrogen-bond donors (Lipinski definition) is 1. The molecular formula is C23H23N3O3S. The molecule has 4 rings (SSSR count). The van der Waals surface area contributed by atoms with Crippen LogP contribution in [0.25, 0.3) is 21.8 Å². The molecule has 0 aliphatic heterocycles. The van der Waals surface area contributed by atoms with Gasteiger partial charge in [0.2, 0.25) is 0 Å². The maximum atomic E-state index is 12.1. The van der Waals surface area contributed by atoms with Crippen molar-refractivity contribution in [2.75, 3.05) is 19.0 Å². The Morgan fingerprint density at radius 1 is 1.23 bits per heavy atom. The number of anilines is 1. The molecule has 30 heavy (non-hydrogen) atoms. The van der Waals surface area contributed by atoms with Crippen LogP contribution in [-0.4, -0.2) is 29.2 Å². The smallest absolute Gasteiger partial charge is 0.291 e. The molecule has 0 radical (unpaired) electrons. The number of aryl methyl sites for hydroxylation is 1. The molecule has 0 bridgehead atoms. The zero-order chi connectivity index (χ0) is 21.1. The number of rotatable bonds is 7. The van der Waals surface area contributed by atoms with E-state index >= 15 is 0 Å². The van der Waals surface area contributed by atoms with E-state index in [2.05, 4.69) is 35.2 Å². The van der Waals surface area contributed by atoms with E-state index in [1.807, 2.05) is 24.3 Å². The highest BCUT2D eigenvalue weighted by atomic mass is 32.1. The fourth-order valence-corrected chi connectivity index (χ4v) is 4.24. The molecular weight excluding hydrogens is 398 g/mol. The lowest BCUT2D eigenvalue weighted by Crippen LogP contribution is -2.10. The Morgan fingerprint density at radius 2 is 2.03 bits per heavy atom. The van der Waals surface area contributed by atoms with Crippen molar-refractivity contribution in [2.45, 2.75) is 20.4 Å². The van der Waals surface area contributed by atoms with Crippen molar-refractivity contribution in [3.8, 4) is 21.8 Å². The van der Waals surface area contributed by atoms with Crippen molar-refractivity contribution < 1.29 is 13.9 Å². The van der Waals surface area contributed by atoms with Gasteiger partial charge in [-0.1, -0.05) is 0 Å². The minimum absolute atomic E-state index is 0.270. The molecule has 0 atom stereocenters. The van der Waals surface area contributed by atoms with Crippen molar-refractivity contribution >= 4 is 22.9 Å². The van der Waals surface area contributed by atoms with Gasteiger partial charge >= 0.3 is 0 Å². The lowest BCUT2D eigenvalue weighted by atomic mass is 10.2. The fourth-order valence-electron chi connectivity index (χ4n) is 3.41. The molecule has 6 nitrogen and oxygen atoms in total. The summed E-state index contributed by atoms with van der Waals surface area (Å²) in [6.07, 6.45) is 1.48. The van der Waals surface area contributed by atoms with E-state index in [9.17, 15) is 4.79 Å². The SMILES string of the molecule is COCCn1c(C)cc(-c2csc(-c3ccc(NC(=O)c4ccco4)cc3)n2)c1C. The molecule has 1 amide bonds. The monoisotopic (exact) mass is 421 g/mol. The van der Waals surface area contributed by atoms with Crippen LogP contribution in [0.4, 0.5) is 5.69 Å². The summed E-state index contributed by atoms with van der Waals surface area (Å²) < 4.78 is 12.6. The van der Waals surface area contributed by atoms with Gasteiger partial charge in [0.25, 0.3) is 5.91 Å². The molecule has 0 spiro atoms. The number of amides is 1. The molecule has 0 aliphatic rings. The highest BCUT2D eigenvalue weighted by Gasteiger charge is 2.14. The lowest BCUT2D eigenvalue weighted by molar-refractivity contribution is 0.0996. The highest BCUT2D eigenvalue weighted by molar-refractivity contribution is 7.13. The van der Waals surface area contributed by atoms with Crippen molar-refractivity contribution in [3.63, 3.8) is 0 Å². The van der Waals surface area contributed by atoms with Gasteiger partial charge in [-0.05, 0) is 56.3 Å². The number of benzene rings is 1.